The average molecular weight is 499 g/mol. The molecular weight excluding hydrogens is 452 g/mol. The molecule has 0 aromatic rings. The van der Waals surface area contributed by atoms with Crippen molar-refractivity contribution >= 4 is 26.0 Å². The maximum absolute atomic E-state index is 11.9. The molecule has 0 unspecified atom stereocenters. The fourth-order valence-corrected chi connectivity index (χ4v) is 4.95. The fraction of sp³-hybridized carbons (Fsp3) is 0.957. The third kappa shape index (κ3) is 27.5. The van der Waals surface area contributed by atoms with Gasteiger partial charge in [-0.05, 0) is 25.7 Å². The Bertz CT molecular complexity index is 602. The van der Waals surface area contributed by atoms with Crippen molar-refractivity contribution in [2.24, 2.45) is 0 Å². The van der Waals surface area contributed by atoms with E-state index in [0.29, 0.717) is 31.5 Å². The van der Waals surface area contributed by atoms with Gasteiger partial charge in [0.2, 0.25) is 0 Å². The van der Waals surface area contributed by atoms with Gasteiger partial charge in [-0.3, -0.25) is 13.9 Å². The summed E-state index contributed by atoms with van der Waals surface area (Å²) in [4.78, 5) is 11.9. The minimum atomic E-state index is -3.81. The van der Waals surface area contributed by atoms with E-state index in [-0.39, 0.29) is 11.5 Å². The van der Waals surface area contributed by atoms with Crippen molar-refractivity contribution in [1.29, 1.82) is 0 Å². The maximum atomic E-state index is 11.9. The molecule has 0 bridgehead atoms. The van der Waals surface area contributed by atoms with Crippen molar-refractivity contribution < 1.29 is 30.7 Å². The topological polar surface area (TPSA) is 126 Å². The molecule has 192 valence electrons. The molecule has 0 heterocycles. The highest BCUT2D eigenvalue weighted by Crippen LogP contribution is 2.14. The SMILES string of the molecule is O=C(CCCCCCCCCCCS(=O)(=O)O)CCCCCCCCCCCS(=O)(=O)O. The van der Waals surface area contributed by atoms with Crippen LogP contribution in [0.5, 0.6) is 0 Å². The summed E-state index contributed by atoms with van der Waals surface area (Å²) >= 11 is 0. The summed E-state index contributed by atoms with van der Waals surface area (Å²) in [7, 11) is -7.61. The summed E-state index contributed by atoms with van der Waals surface area (Å²) in [5.41, 5.74) is 0. The molecule has 0 aromatic heterocycles. The monoisotopic (exact) mass is 498 g/mol. The normalized spacial score (nSPS) is 12.3. The standard InChI is InChI=1S/C23H46O7S2/c24-23(19-15-11-7-3-1-5-9-13-17-21-31(25,26)27)20-16-12-8-4-2-6-10-14-18-22-32(28,29)30/h1-22H2,(H,25,26,27)(H,28,29,30). The number of unbranched alkanes of at least 4 members (excludes halogenated alkanes) is 16. The highest BCUT2D eigenvalue weighted by molar-refractivity contribution is 7.86. The molecular formula is C23H46O7S2. The molecule has 0 saturated carbocycles. The summed E-state index contributed by atoms with van der Waals surface area (Å²) in [6.07, 6.45) is 19.4. The summed E-state index contributed by atoms with van der Waals surface area (Å²) < 4.78 is 59.7. The lowest BCUT2D eigenvalue weighted by atomic mass is 10.0. The lowest BCUT2D eigenvalue weighted by Gasteiger charge is -2.04. The van der Waals surface area contributed by atoms with Gasteiger partial charge in [0.1, 0.15) is 5.78 Å². The van der Waals surface area contributed by atoms with Crippen molar-refractivity contribution in [2.45, 2.75) is 128 Å². The molecule has 2 N–H and O–H groups in total. The van der Waals surface area contributed by atoms with Crippen LogP contribution in [0.4, 0.5) is 0 Å². The first kappa shape index (κ1) is 31.5. The Hall–Kier alpha value is -0.510. The molecule has 32 heavy (non-hydrogen) atoms. The second-order valence-electron chi connectivity index (χ2n) is 8.97. The van der Waals surface area contributed by atoms with Crippen LogP contribution in [0.15, 0.2) is 0 Å². The van der Waals surface area contributed by atoms with E-state index < -0.39 is 20.2 Å². The van der Waals surface area contributed by atoms with E-state index in [4.69, 9.17) is 9.11 Å². The second-order valence-corrected chi connectivity index (χ2v) is 12.1. The van der Waals surface area contributed by atoms with Crippen LogP contribution in [0.3, 0.4) is 0 Å². The largest absolute Gasteiger partial charge is 0.300 e. The number of carbonyl (C=O) groups excluding carboxylic acids is 1. The molecule has 9 heteroatoms. The first-order valence-corrected chi connectivity index (χ1v) is 15.7. The van der Waals surface area contributed by atoms with Gasteiger partial charge in [0.15, 0.2) is 0 Å². The Labute approximate surface area is 196 Å². The van der Waals surface area contributed by atoms with Crippen LogP contribution in [0.2, 0.25) is 0 Å². The average Bonchev–Trinajstić information content (AvgIpc) is 2.68. The molecule has 0 aliphatic rings. The molecule has 0 aliphatic heterocycles. The number of rotatable bonds is 24. The predicted octanol–water partition coefficient (Wildman–Crippen LogP) is 6.13. The highest BCUT2D eigenvalue weighted by Gasteiger charge is 2.05. The molecule has 0 radical (unpaired) electrons. The molecule has 0 saturated heterocycles. The molecule has 7 nitrogen and oxygen atoms in total. The van der Waals surface area contributed by atoms with Crippen LogP contribution in [0.1, 0.15) is 128 Å². The molecule has 0 spiro atoms. The van der Waals surface area contributed by atoms with E-state index in [1.165, 1.54) is 0 Å². The quantitative estimate of drug-likeness (QED) is 0.121. The lowest BCUT2D eigenvalue weighted by Crippen LogP contribution is -2.03. The van der Waals surface area contributed by atoms with Gasteiger partial charge in [-0.15, -0.1) is 0 Å². The van der Waals surface area contributed by atoms with Crippen molar-refractivity contribution in [3.63, 3.8) is 0 Å². The van der Waals surface area contributed by atoms with Crippen molar-refractivity contribution in [3.8, 4) is 0 Å². The van der Waals surface area contributed by atoms with Gasteiger partial charge in [-0.1, -0.05) is 89.9 Å². The summed E-state index contributed by atoms with van der Waals surface area (Å²) in [5.74, 6) is 0.110. The highest BCUT2D eigenvalue weighted by atomic mass is 32.2. The van der Waals surface area contributed by atoms with Crippen LogP contribution in [0.25, 0.3) is 0 Å². The lowest BCUT2D eigenvalue weighted by molar-refractivity contribution is -0.119. The zero-order valence-corrected chi connectivity index (χ0v) is 21.4. The third-order valence-corrected chi connectivity index (χ3v) is 7.32. The van der Waals surface area contributed by atoms with E-state index in [1.54, 1.807) is 0 Å². The van der Waals surface area contributed by atoms with Gasteiger partial charge in [0, 0.05) is 12.8 Å². The van der Waals surface area contributed by atoms with E-state index >= 15 is 0 Å². The smallest absolute Gasteiger partial charge is 0.264 e. The summed E-state index contributed by atoms with van der Waals surface area (Å²) in [5, 5.41) is 0. The van der Waals surface area contributed by atoms with Crippen molar-refractivity contribution in [3.05, 3.63) is 0 Å². The van der Waals surface area contributed by atoms with Gasteiger partial charge in [-0.25, -0.2) is 0 Å². The van der Waals surface area contributed by atoms with Crippen LogP contribution in [-0.4, -0.2) is 43.2 Å². The molecule has 0 fully saturated rings. The Morgan fingerprint density at radius 2 is 0.625 bits per heavy atom. The number of carbonyl (C=O) groups is 1. The Morgan fingerprint density at radius 1 is 0.406 bits per heavy atom. The predicted molar refractivity (Wildman–Crippen MR) is 130 cm³/mol. The van der Waals surface area contributed by atoms with Gasteiger partial charge < -0.3 is 0 Å². The number of ketones is 1. The molecule has 0 rings (SSSR count). The van der Waals surface area contributed by atoms with Gasteiger partial charge in [-0.2, -0.15) is 16.8 Å². The zero-order chi connectivity index (χ0) is 24.1. The third-order valence-electron chi connectivity index (χ3n) is 5.72. The van der Waals surface area contributed by atoms with Gasteiger partial charge >= 0.3 is 0 Å². The fourth-order valence-electron chi connectivity index (χ4n) is 3.81. The van der Waals surface area contributed by atoms with Gasteiger partial charge in [0.25, 0.3) is 20.2 Å². The maximum Gasteiger partial charge on any atom is 0.264 e. The molecule has 0 amide bonds. The van der Waals surface area contributed by atoms with Crippen LogP contribution in [0, 0.1) is 0 Å². The Kier molecular flexibility index (Phi) is 19.6. The minimum absolute atomic E-state index is 0.134. The van der Waals surface area contributed by atoms with Crippen LogP contribution in [-0.2, 0) is 25.0 Å². The Morgan fingerprint density at radius 3 is 0.875 bits per heavy atom. The minimum Gasteiger partial charge on any atom is -0.300 e. The van der Waals surface area contributed by atoms with Crippen LogP contribution >= 0.6 is 0 Å². The van der Waals surface area contributed by atoms with Gasteiger partial charge in [0.05, 0.1) is 11.5 Å². The second kappa shape index (κ2) is 19.9. The Balaban J connectivity index is 3.26. The molecule has 0 aliphatic carbocycles. The number of hydrogen-bond donors (Lipinski definition) is 2. The summed E-state index contributed by atoms with van der Waals surface area (Å²) in [6, 6.07) is 0. The first-order chi connectivity index (χ1) is 15.1. The van der Waals surface area contributed by atoms with Crippen molar-refractivity contribution in [1.82, 2.24) is 0 Å². The number of Topliss-reactive ketones (excluding diaryl/α,β-unsaturated/α-hetero) is 1. The van der Waals surface area contributed by atoms with E-state index in [2.05, 4.69) is 0 Å². The molecule has 0 atom stereocenters. The van der Waals surface area contributed by atoms with Crippen LogP contribution < -0.4 is 0 Å². The first-order valence-electron chi connectivity index (χ1n) is 12.5. The summed E-state index contributed by atoms with van der Waals surface area (Å²) in [6.45, 7) is 0. The van der Waals surface area contributed by atoms with E-state index in [9.17, 15) is 21.6 Å². The molecule has 0 aromatic carbocycles. The van der Waals surface area contributed by atoms with E-state index in [1.807, 2.05) is 0 Å². The van der Waals surface area contributed by atoms with Crippen molar-refractivity contribution in [2.75, 3.05) is 11.5 Å². The zero-order valence-electron chi connectivity index (χ0n) is 19.8. The van der Waals surface area contributed by atoms with E-state index in [0.717, 1.165) is 103 Å². The number of hydrogen-bond acceptors (Lipinski definition) is 5.